The monoisotopic (exact) mass is 265 g/mol. The highest BCUT2D eigenvalue weighted by atomic mass is 35.5. The van der Waals surface area contributed by atoms with Crippen LogP contribution in [0.3, 0.4) is 0 Å². The summed E-state index contributed by atoms with van der Waals surface area (Å²) in [6, 6.07) is 7.68. The zero-order valence-corrected chi connectivity index (χ0v) is 11.0. The lowest BCUT2D eigenvalue weighted by Crippen LogP contribution is -2.09. The zero-order chi connectivity index (χ0) is 12.8. The summed E-state index contributed by atoms with van der Waals surface area (Å²) in [6.07, 6.45) is 4.61. The second-order valence-electron chi connectivity index (χ2n) is 3.87. The first kappa shape index (κ1) is 12.9. The van der Waals surface area contributed by atoms with Crippen LogP contribution >= 0.6 is 11.6 Å². The first-order valence-corrected chi connectivity index (χ1v) is 6.21. The van der Waals surface area contributed by atoms with E-state index in [0.29, 0.717) is 5.02 Å². The van der Waals surface area contributed by atoms with Gasteiger partial charge < -0.3 is 10.1 Å². The number of methoxy groups -OCH3 is 1. The van der Waals surface area contributed by atoms with Crippen molar-refractivity contribution in [3.8, 4) is 5.69 Å². The van der Waals surface area contributed by atoms with Crippen LogP contribution in [-0.4, -0.2) is 29.8 Å². The van der Waals surface area contributed by atoms with Crippen LogP contribution in [0.5, 0.6) is 0 Å². The fourth-order valence-corrected chi connectivity index (χ4v) is 1.87. The molecule has 1 aromatic carbocycles. The molecule has 0 aliphatic rings. The lowest BCUT2D eigenvalue weighted by molar-refractivity contribution is 0.197. The second kappa shape index (κ2) is 6.42. The fraction of sp³-hybridized carbons (Fsp3) is 0.308. The lowest BCUT2D eigenvalue weighted by atomic mass is 10.3. The van der Waals surface area contributed by atoms with Crippen molar-refractivity contribution < 1.29 is 4.74 Å². The Labute approximate surface area is 112 Å². The van der Waals surface area contributed by atoms with Gasteiger partial charge in [0, 0.05) is 43.4 Å². The first-order valence-electron chi connectivity index (χ1n) is 5.83. The number of hydrogen-bond acceptors (Lipinski definition) is 3. The van der Waals surface area contributed by atoms with Crippen LogP contribution in [0.1, 0.15) is 6.42 Å². The summed E-state index contributed by atoms with van der Waals surface area (Å²) in [7, 11) is 1.70. The van der Waals surface area contributed by atoms with E-state index in [0.717, 1.165) is 31.2 Å². The van der Waals surface area contributed by atoms with Gasteiger partial charge in [-0.15, -0.1) is 0 Å². The summed E-state index contributed by atoms with van der Waals surface area (Å²) in [6.45, 7) is 1.57. The standard InChI is InChI=1S/C13H16ClN3O/c1-18-9-3-6-15-13-16-7-8-17(13)12-5-2-4-11(14)10-12/h2,4-5,7-8,10H,3,6,9H2,1H3,(H,15,16). The van der Waals surface area contributed by atoms with E-state index >= 15 is 0 Å². The third-order valence-electron chi connectivity index (χ3n) is 2.54. The van der Waals surface area contributed by atoms with E-state index in [1.807, 2.05) is 35.0 Å². The molecule has 0 radical (unpaired) electrons. The minimum absolute atomic E-state index is 0.714. The maximum atomic E-state index is 5.99. The quantitative estimate of drug-likeness (QED) is 0.816. The third kappa shape index (κ3) is 3.24. The van der Waals surface area contributed by atoms with E-state index in [1.54, 1.807) is 13.3 Å². The molecule has 1 N–H and O–H groups in total. The highest BCUT2D eigenvalue weighted by Crippen LogP contribution is 2.18. The van der Waals surface area contributed by atoms with Crippen LogP contribution in [0.4, 0.5) is 5.95 Å². The van der Waals surface area contributed by atoms with E-state index in [4.69, 9.17) is 16.3 Å². The van der Waals surface area contributed by atoms with Crippen LogP contribution in [0.2, 0.25) is 5.02 Å². The Morgan fingerprint density at radius 1 is 1.44 bits per heavy atom. The van der Waals surface area contributed by atoms with Gasteiger partial charge in [-0.05, 0) is 24.6 Å². The number of nitrogens with one attached hydrogen (secondary N) is 1. The van der Waals surface area contributed by atoms with Gasteiger partial charge in [0.15, 0.2) is 0 Å². The van der Waals surface area contributed by atoms with Crippen molar-refractivity contribution >= 4 is 17.5 Å². The molecule has 0 fully saturated rings. The Hall–Kier alpha value is -1.52. The highest BCUT2D eigenvalue weighted by Gasteiger charge is 2.04. The Morgan fingerprint density at radius 2 is 2.33 bits per heavy atom. The molecule has 1 aromatic heterocycles. The molecule has 5 heteroatoms. The van der Waals surface area contributed by atoms with E-state index in [2.05, 4.69) is 10.3 Å². The molecule has 0 spiro atoms. The predicted octanol–water partition coefficient (Wildman–Crippen LogP) is 2.97. The van der Waals surface area contributed by atoms with Crippen molar-refractivity contribution in [2.75, 3.05) is 25.6 Å². The molecular formula is C13H16ClN3O. The van der Waals surface area contributed by atoms with Gasteiger partial charge in [0.25, 0.3) is 0 Å². The summed E-state index contributed by atoms with van der Waals surface area (Å²) in [5, 5.41) is 3.99. The van der Waals surface area contributed by atoms with E-state index in [9.17, 15) is 0 Å². The van der Waals surface area contributed by atoms with Gasteiger partial charge in [-0.25, -0.2) is 4.98 Å². The van der Waals surface area contributed by atoms with E-state index in [1.165, 1.54) is 0 Å². The Bertz CT molecular complexity index is 498. The number of rotatable bonds is 6. The minimum Gasteiger partial charge on any atom is -0.385 e. The molecule has 0 amide bonds. The number of aromatic nitrogens is 2. The maximum absolute atomic E-state index is 5.99. The normalized spacial score (nSPS) is 10.6. The number of ether oxygens (including phenoxy) is 1. The number of nitrogens with zero attached hydrogens (tertiary/aromatic N) is 2. The third-order valence-corrected chi connectivity index (χ3v) is 2.77. The van der Waals surface area contributed by atoms with Crippen molar-refractivity contribution in [3.63, 3.8) is 0 Å². The summed E-state index contributed by atoms with van der Waals surface area (Å²) < 4.78 is 6.98. The number of benzene rings is 1. The van der Waals surface area contributed by atoms with Crippen molar-refractivity contribution in [2.24, 2.45) is 0 Å². The van der Waals surface area contributed by atoms with Gasteiger partial charge in [0.05, 0.1) is 0 Å². The molecule has 0 saturated heterocycles. The maximum Gasteiger partial charge on any atom is 0.207 e. The van der Waals surface area contributed by atoms with Gasteiger partial charge in [0.1, 0.15) is 0 Å². The fourth-order valence-electron chi connectivity index (χ4n) is 1.69. The Kier molecular flexibility index (Phi) is 4.61. The molecule has 0 unspecified atom stereocenters. The van der Waals surface area contributed by atoms with Crippen LogP contribution in [-0.2, 0) is 4.74 Å². The molecule has 18 heavy (non-hydrogen) atoms. The molecular weight excluding hydrogens is 250 g/mol. The smallest absolute Gasteiger partial charge is 0.207 e. The number of anilines is 1. The van der Waals surface area contributed by atoms with E-state index in [-0.39, 0.29) is 0 Å². The van der Waals surface area contributed by atoms with Crippen molar-refractivity contribution in [1.82, 2.24) is 9.55 Å². The molecule has 0 aliphatic carbocycles. The van der Waals surface area contributed by atoms with Crippen LogP contribution < -0.4 is 5.32 Å². The summed E-state index contributed by atoms with van der Waals surface area (Å²) in [5.41, 5.74) is 0.995. The van der Waals surface area contributed by atoms with E-state index < -0.39 is 0 Å². The lowest BCUT2D eigenvalue weighted by Gasteiger charge is -2.09. The Morgan fingerprint density at radius 3 is 3.11 bits per heavy atom. The molecule has 0 saturated carbocycles. The van der Waals surface area contributed by atoms with Gasteiger partial charge in [-0.2, -0.15) is 0 Å². The molecule has 2 rings (SSSR count). The largest absolute Gasteiger partial charge is 0.385 e. The number of imidazole rings is 1. The topological polar surface area (TPSA) is 39.1 Å². The Balaban J connectivity index is 2.08. The van der Waals surface area contributed by atoms with Crippen molar-refractivity contribution in [3.05, 3.63) is 41.7 Å². The van der Waals surface area contributed by atoms with Crippen LogP contribution in [0, 0.1) is 0 Å². The molecule has 2 aromatic rings. The van der Waals surface area contributed by atoms with Gasteiger partial charge in [-0.1, -0.05) is 17.7 Å². The molecule has 4 nitrogen and oxygen atoms in total. The van der Waals surface area contributed by atoms with Crippen LogP contribution in [0.15, 0.2) is 36.7 Å². The predicted molar refractivity (Wildman–Crippen MR) is 73.6 cm³/mol. The van der Waals surface area contributed by atoms with Gasteiger partial charge in [-0.3, -0.25) is 4.57 Å². The van der Waals surface area contributed by atoms with Crippen molar-refractivity contribution in [2.45, 2.75) is 6.42 Å². The van der Waals surface area contributed by atoms with Crippen LogP contribution in [0.25, 0.3) is 5.69 Å². The summed E-state index contributed by atoms with van der Waals surface area (Å²) in [4.78, 5) is 4.29. The summed E-state index contributed by atoms with van der Waals surface area (Å²) >= 11 is 5.99. The summed E-state index contributed by atoms with van der Waals surface area (Å²) in [5.74, 6) is 0.813. The van der Waals surface area contributed by atoms with Gasteiger partial charge >= 0.3 is 0 Å². The molecule has 0 bridgehead atoms. The van der Waals surface area contributed by atoms with Gasteiger partial charge in [0.2, 0.25) is 5.95 Å². The molecule has 0 atom stereocenters. The average Bonchev–Trinajstić information content (AvgIpc) is 2.83. The van der Waals surface area contributed by atoms with Crippen molar-refractivity contribution in [1.29, 1.82) is 0 Å². The second-order valence-corrected chi connectivity index (χ2v) is 4.31. The first-order chi connectivity index (χ1) is 8.81. The highest BCUT2D eigenvalue weighted by molar-refractivity contribution is 6.30. The molecule has 0 aliphatic heterocycles. The molecule has 96 valence electrons. The minimum atomic E-state index is 0.714. The molecule has 1 heterocycles. The average molecular weight is 266 g/mol. The zero-order valence-electron chi connectivity index (χ0n) is 10.3. The number of hydrogen-bond donors (Lipinski definition) is 1. The number of halogens is 1. The SMILES string of the molecule is COCCCNc1nccn1-c1cccc(Cl)c1.